The third-order valence-corrected chi connectivity index (χ3v) is 4.22. The number of H-pyrrole nitrogens is 1. The van der Waals surface area contributed by atoms with E-state index in [0.717, 1.165) is 11.3 Å². The summed E-state index contributed by atoms with van der Waals surface area (Å²) >= 11 is 0. The minimum atomic E-state index is -0.864. The van der Waals surface area contributed by atoms with Crippen molar-refractivity contribution in [3.8, 4) is 11.3 Å². The van der Waals surface area contributed by atoms with Crippen LogP contribution in [-0.2, 0) is 4.79 Å². The quantitative estimate of drug-likeness (QED) is 0.810. The number of aliphatic carboxylic acids is 1. The van der Waals surface area contributed by atoms with Gasteiger partial charge in [0.15, 0.2) is 0 Å². The number of benzene rings is 1. The van der Waals surface area contributed by atoms with Crippen LogP contribution in [0.1, 0.15) is 13.3 Å². The molecule has 0 aliphatic carbocycles. The van der Waals surface area contributed by atoms with E-state index < -0.39 is 11.4 Å². The van der Waals surface area contributed by atoms with E-state index in [9.17, 15) is 14.7 Å². The molecule has 1 unspecified atom stereocenters. The highest BCUT2D eigenvalue weighted by Gasteiger charge is 2.42. The molecule has 1 aliphatic rings. The lowest BCUT2D eigenvalue weighted by atomic mass is 9.90. The first-order valence-electron chi connectivity index (χ1n) is 7.37. The normalized spacial score (nSPS) is 20.5. The van der Waals surface area contributed by atoms with Gasteiger partial charge in [-0.2, -0.15) is 5.10 Å². The molecule has 2 aromatic rings. The van der Waals surface area contributed by atoms with E-state index in [1.165, 1.54) is 4.90 Å². The number of hydrogen-bond donors (Lipinski definition) is 3. The maximum Gasteiger partial charge on any atom is 0.321 e. The number of anilines is 1. The summed E-state index contributed by atoms with van der Waals surface area (Å²) in [5.41, 5.74) is 1.68. The molecule has 0 saturated carbocycles. The van der Waals surface area contributed by atoms with E-state index in [0.29, 0.717) is 18.7 Å². The molecule has 3 rings (SSSR count). The number of likely N-dealkylation sites (tertiary alicyclic amines) is 1. The van der Waals surface area contributed by atoms with Gasteiger partial charge in [-0.05, 0) is 37.1 Å². The second-order valence-electron chi connectivity index (χ2n) is 6.02. The molecule has 3 N–H and O–H groups in total. The van der Waals surface area contributed by atoms with Crippen LogP contribution in [0.5, 0.6) is 0 Å². The highest BCUT2D eigenvalue weighted by Crippen LogP contribution is 2.30. The standard InChI is InChI=1S/C16H18N4O3/c1-16(14(21)22)7-9-20(10-16)15(23)18-12-4-2-11(3-5-12)13-6-8-17-19-13/h2-6,8H,7,9-10H2,1H3,(H,17,19)(H,18,23)(H,21,22). The van der Waals surface area contributed by atoms with Gasteiger partial charge in [0, 0.05) is 25.0 Å². The molecule has 0 spiro atoms. The van der Waals surface area contributed by atoms with E-state index >= 15 is 0 Å². The molecule has 1 aromatic heterocycles. The highest BCUT2D eigenvalue weighted by atomic mass is 16.4. The summed E-state index contributed by atoms with van der Waals surface area (Å²) in [6.07, 6.45) is 2.15. The predicted octanol–water partition coefficient (Wildman–Crippen LogP) is 2.41. The van der Waals surface area contributed by atoms with Crippen molar-refractivity contribution in [1.29, 1.82) is 0 Å². The van der Waals surface area contributed by atoms with Crippen molar-refractivity contribution in [2.45, 2.75) is 13.3 Å². The fraction of sp³-hybridized carbons (Fsp3) is 0.312. The number of carbonyl (C=O) groups is 2. The molecule has 0 radical (unpaired) electrons. The van der Waals surface area contributed by atoms with Crippen molar-refractivity contribution in [3.05, 3.63) is 36.5 Å². The summed E-state index contributed by atoms with van der Waals surface area (Å²) < 4.78 is 0. The number of aromatic amines is 1. The average Bonchev–Trinajstić information content (AvgIpc) is 3.18. The van der Waals surface area contributed by atoms with Gasteiger partial charge in [-0.3, -0.25) is 9.89 Å². The fourth-order valence-corrected chi connectivity index (χ4v) is 2.66. The predicted molar refractivity (Wildman–Crippen MR) is 85.0 cm³/mol. The van der Waals surface area contributed by atoms with E-state index in [4.69, 9.17) is 0 Å². The summed E-state index contributed by atoms with van der Waals surface area (Å²) in [7, 11) is 0. The molecule has 0 bridgehead atoms. The summed E-state index contributed by atoms with van der Waals surface area (Å²) in [6.45, 7) is 2.34. The van der Waals surface area contributed by atoms with Gasteiger partial charge < -0.3 is 15.3 Å². The van der Waals surface area contributed by atoms with Gasteiger partial charge in [-0.25, -0.2) is 4.79 Å². The van der Waals surface area contributed by atoms with Crippen molar-refractivity contribution < 1.29 is 14.7 Å². The van der Waals surface area contributed by atoms with Crippen LogP contribution in [-0.4, -0.2) is 45.3 Å². The second-order valence-corrected chi connectivity index (χ2v) is 6.02. The molecule has 2 heterocycles. The van der Waals surface area contributed by atoms with Crippen LogP contribution in [0.3, 0.4) is 0 Å². The first-order chi connectivity index (χ1) is 11.0. The van der Waals surface area contributed by atoms with Crippen molar-refractivity contribution in [2.24, 2.45) is 5.41 Å². The Labute approximate surface area is 133 Å². The summed E-state index contributed by atoms with van der Waals surface area (Å²) in [5, 5.41) is 18.8. The Morgan fingerprint density at radius 1 is 1.30 bits per heavy atom. The van der Waals surface area contributed by atoms with Gasteiger partial charge in [-0.15, -0.1) is 0 Å². The number of nitrogens with one attached hydrogen (secondary N) is 2. The Kier molecular flexibility index (Phi) is 3.77. The topological polar surface area (TPSA) is 98.3 Å². The van der Waals surface area contributed by atoms with Crippen molar-refractivity contribution in [1.82, 2.24) is 15.1 Å². The van der Waals surface area contributed by atoms with Crippen molar-refractivity contribution >= 4 is 17.7 Å². The molecular formula is C16H18N4O3. The third kappa shape index (κ3) is 3.03. The van der Waals surface area contributed by atoms with Crippen LogP contribution in [0.4, 0.5) is 10.5 Å². The Morgan fingerprint density at radius 3 is 2.61 bits per heavy atom. The lowest BCUT2D eigenvalue weighted by Crippen LogP contribution is -2.37. The maximum atomic E-state index is 12.2. The number of amides is 2. The Morgan fingerprint density at radius 2 is 2.04 bits per heavy atom. The third-order valence-electron chi connectivity index (χ3n) is 4.22. The van der Waals surface area contributed by atoms with E-state index in [1.807, 2.05) is 18.2 Å². The number of carboxylic acids is 1. The number of aromatic nitrogens is 2. The SMILES string of the molecule is CC1(C(=O)O)CCN(C(=O)Nc2ccc(-c3ccn[nH]3)cc2)C1. The summed E-state index contributed by atoms with van der Waals surface area (Å²) in [4.78, 5) is 25.0. The lowest BCUT2D eigenvalue weighted by Gasteiger charge is -2.20. The molecule has 1 aliphatic heterocycles. The zero-order valence-corrected chi connectivity index (χ0v) is 12.7. The van der Waals surface area contributed by atoms with Gasteiger partial charge in [0.1, 0.15) is 0 Å². The molecular weight excluding hydrogens is 296 g/mol. The molecule has 120 valence electrons. The molecule has 2 amide bonds. The van der Waals surface area contributed by atoms with Gasteiger partial charge in [0.25, 0.3) is 0 Å². The van der Waals surface area contributed by atoms with Gasteiger partial charge >= 0.3 is 12.0 Å². The molecule has 7 nitrogen and oxygen atoms in total. The molecule has 1 aromatic carbocycles. The Balaban J connectivity index is 1.64. The van der Waals surface area contributed by atoms with Crippen molar-refractivity contribution in [2.75, 3.05) is 18.4 Å². The number of rotatable bonds is 3. The van der Waals surface area contributed by atoms with E-state index in [-0.39, 0.29) is 12.6 Å². The van der Waals surface area contributed by atoms with Gasteiger partial charge in [-0.1, -0.05) is 12.1 Å². The highest BCUT2D eigenvalue weighted by molar-refractivity contribution is 5.90. The average molecular weight is 314 g/mol. The van der Waals surface area contributed by atoms with E-state index in [2.05, 4.69) is 15.5 Å². The summed E-state index contributed by atoms with van der Waals surface area (Å²) in [5.74, 6) is -0.864. The molecule has 7 heteroatoms. The monoisotopic (exact) mass is 314 g/mol. The van der Waals surface area contributed by atoms with E-state index in [1.54, 1.807) is 25.3 Å². The van der Waals surface area contributed by atoms with Crippen LogP contribution in [0.15, 0.2) is 36.5 Å². The number of carbonyl (C=O) groups excluding carboxylic acids is 1. The van der Waals surface area contributed by atoms with Gasteiger partial charge in [0.2, 0.25) is 0 Å². The second kappa shape index (κ2) is 5.75. The number of hydrogen-bond acceptors (Lipinski definition) is 3. The van der Waals surface area contributed by atoms with Crippen LogP contribution in [0.2, 0.25) is 0 Å². The Hall–Kier alpha value is -2.83. The zero-order chi connectivity index (χ0) is 16.4. The van der Waals surface area contributed by atoms with Crippen LogP contribution in [0, 0.1) is 5.41 Å². The first-order valence-corrected chi connectivity index (χ1v) is 7.37. The summed E-state index contributed by atoms with van der Waals surface area (Å²) in [6, 6.07) is 8.97. The number of urea groups is 1. The van der Waals surface area contributed by atoms with Gasteiger partial charge in [0.05, 0.1) is 11.1 Å². The minimum absolute atomic E-state index is 0.223. The smallest absolute Gasteiger partial charge is 0.321 e. The molecule has 1 fully saturated rings. The van der Waals surface area contributed by atoms with Crippen LogP contribution in [0.25, 0.3) is 11.3 Å². The molecule has 23 heavy (non-hydrogen) atoms. The minimum Gasteiger partial charge on any atom is -0.481 e. The lowest BCUT2D eigenvalue weighted by molar-refractivity contribution is -0.146. The molecule has 1 saturated heterocycles. The van der Waals surface area contributed by atoms with Crippen LogP contribution >= 0.6 is 0 Å². The first kappa shape index (κ1) is 15.1. The Bertz CT molecular complexity index is 711. The maximum absolute atomic E-state index is 12.2. The number of carboxylic acid groups (broad SMARTS) is 1. The molecule has 1 atom stereocenters. The van der Waals surface area contributed by atoms with Crippen molar-refractivity contribution in [3.63, 3.8) is 0 Å². The zero-order valence-electron chi connectivity index (χ0n) is 12.7. The van der Waals surface area contributed by atoms with Crippen LogP contribution < -0.4 is 5.32 Å². The fourth-order valence-electron chi connectivity index (χ4n) is 2.66. The largest absolute Gasteiger partial charge is 0.481 e. The number of nitrogens with zero attached hydrogens (tertiary/aromatic N) is 2.